The molecule has 1 aromatic rings. The van der Waals surface area contributed by atoms with Crippen LogP contribution in [0, 0.1) is 5.41 Å². The average molecular weight is 274 g/mol. The maximum Gasteiger partial charge on any atom is 0.118 e. The van der Waals surface area contributed by atoms with Gasteiger partial charge in [0, 0.05) is 12.1 Å². The molecule has 0 radical (unpaired) electrons. The molecular weight excluding hydrogens is 248 g/mol. The SMILES string of the molecule is COc1ccc([C@@H](C)NC2CCC23CCNCC3)cc1. The zero-order valence-electron chi connectivity index (χ0n) is 12.6. The molecule has 1 aliphatic heterocycles. The summed E-state index contributed by atoms with van der Waals surface area (Å²) in [6.45, 7) is 4.65. The molecule has 1 aliphatic carbocycles. The molecule has 20 heavy (non-hydrogen) atoms. The van der Waals surface area contributed by atoms with Crippen LogP contribution in [-0.2, 0) is 0 Å². The first-order valence-electron chi connectivity index (χ1n) is 7.84. The summed E-state index contributed by atoms with van der Waals surface area (Å²) in [5.74, 6) is 0.930. The number of methoxy groups -OCH3 is 1. The van der Waals surface area contributed by atoms with E-state index in [-0.39, 0.29) is 0 Å². The van der Waals surface area contributed by atoms with Crippen molar-refractivity contribution in [2.24, 2.45) is 5.41 Å². The van der Waals surface area contributed by atoms with Gasteiger partial charge in [-0.15, -0.1) is 0 Å². The summed E-state index contributed by atoms with van der Waals surface area (Å²) in [7, 11) is 1.71. The minimum atomic E-state index is 0.415. The van der Waals surface area contributed by atoms with Crippen molar-refractivity contribution < 1.29 is 4.74 Å². The number of nitrogens with one attached hydrogen (secondary N) is 2. The van der Waals surface area contributed by atoms with E-state index in [1.807, 2.05) is 0 Å². The molecule has 3 heteroatoms. The summed E-state index contributed by atoms with van der Waals surface area (Å²) in [4.78, 5) is 0. The number of piperidine rings is 1. The summed E-state index contributed by atoms with van der Waals surface area (Å²) in [6.07, 6.45) is 5.40. The summed E-state index contributed by atoms with van der Waals surface area (Å²) in [6, 6.07) is 9.55. The van der Waals surface area contributed by atoms with Crippen LogP contribution < -0.4 is 15.4 Å². The lowest BCUT2D eigenvalue weighted by Crippen LogP contribution is -2.57. The van der Waals surface area contributed by atoms with Crippen LogP contribution in [0.1, 0.15) is 44.2 Å². The van der Waals surface area contributed by atoms with Crippen molar-refractivity contribution in [3.05, 3.63) is 29.8 Å². The van der Waals surface area contributed by atoms with Crippen LogP contribution in [0.4, 0.5) is 0 Å². The van der Waals surface area contributed by atoms with Gasteiger partial charge >= 0.3 is 0 Å². The first-order chi connectivity index (χ1) is 9.73. The van der Waals surface area contributed by atoms with E-state index in [1.165, 1.54) is 44.3 Å². The largest absolute Gasteiger partial charge is 0.497 e. The predicted molar refractivity (Wildman–Crippen MR) is 82.1 cm³/mol. The number of benzene rings is 1. The molecule has 2 fully saturated rings. The molecule has 0 amide bonds. The molecule has 1 spiro atoms. The Balaban J connectivity index is 1.62. The zero-order valence-corrected chi connectivity index (χ0v) is 12.6. The average Bonchev–Trinajstić information content (AvgIpc) is 2.52. The van der Waals surface area contributed by atoms with E-state index >= 15 is 0 Å². The van der Waals surface area contributed by atoms with Gasteiger partial charge in [0.25, 0.3) is 0 Å². The Hall–Kier alpha value is -1.06. The van der Waals surface area contributed by atoms with Crippen molar-refractivity contribution in [1.29, 1.82) is 0 Å². The van der Waals surface area contributed by atoms with Crippen molar-refractivity contribution in [1.82, 2.24) is 10.6 Å². The van der Waals surface area contributed by atoms with E-state index in [0.29, 0.717) is 17.5 Å². The van der Waals surface area contributed by atoms with E-state index in [4.69, 9.17) is 4.74 Å². The van der Waals surface area contributed by atoms with Crippen molar-refractivity contribution in [3.63, 3.8) is 0 Å². The molecule has 1 saturated carbocycles. The predicted octanol–water partition coefficient (Wildman–Crippen LogP) is 2.88. The van der Waals surface area contributed by atoms with Crippen LogP contribution in [0.3, 0.4) is 0 Å². The molecule has 1 unspecified atom stereocenters. The third-order valence-corrected chi connectivity index (χ3v) is 5.34. The number of hydrogen-bond donors (Lipinski definition) is 2. The molecule has 3 nitrogen and oxygen atoms in total. The molecule has 2 aliphatic rings. The maximum atomic E-state index is 5.23. The second-order valence-corrected chi connectivity index (χ2v) is 6.37. The van der Waals surface area contributed by atoms with Crippen LogP contribution in [0.15, 0.2) is 24.3 Å². The first kappa shape index (κ1) is 13.9. The normalized spacial score (nSPS) is 26.0. The Labute approximate surface area is 122 Å². The van der Waals surface area contributed by atoms with E-state index in [9.17, 15) is 0 Å². The fourth-order valence-electron chi connectivity index (χ4n) is 3.77. The minimum absolute atomic E-state index is 0.415. The Kier molecular flexibility index (Phi) is 3.99. The fourth-order valence-corrected chi connectivity index (χ4v) is 3.77. The molecule has 110 valence electrons. The first-order valence-corrected chi connectivity index (χ1v) is 7.84. The molecule has 1 saturated heterocycles. The third-order valence-electron chi connectivity index (χ3n) is 5.34. The Morgan fingerprint density at radius 3 is 2.45 bits per heavy atom. The Bertz CT molecular complexity index is 437. The van der Waals surface area contributed by atoms with E-state index in [0.717, 1.165) is 5.75 Å². The van der Waals surface area contributed by atoms with Crippen molar-refractivity contribution in [2.75, 3.05) is 20.2 Å². The van der Waals surface area contributed by atoms with Gasteiger partial charge in [-0.05, 0) is 68.8 Å². The van der Waals surface area contributed by atoms with Crippen molar-refractivity contribution in [2.45, 2.75) is 44.7 Å². The highest BCUT2D eigenvalue weighted by Gasteiger charge is 2.47. The summed E-state index contributed by atoms with van der Waals surface area (Å²) in [5, 5.41) is 7.35. The minimum Gasteiger partial charge on any atom is -0.497 e. The molecule has 1 heterocycles. The molecule has 2 N–H and O–H groups in total. The fraction of sp³-hybridized carbons (Fsp3) is 0.647. The molecule has 3 rings (SSSR count). The molecule has 0 aromatic heterocycles. The van der Waals surface area contributed by atoms with Crippen LogP contribution in [0.5, 0.6) is 5.75 Å². The van der Waals surface area contributed by atoms with Gasteiger partial charge in [-0.2, -0.15) is 0 Å². The number of ether oxygens (including phenoxy) is 1. The highest BCUT2D eigenvalue weighted by atomic mass is 16.5. The second kappa shape index (κ2) is 5.74. The van der Waals surface area contributed by atoms with Crippen LogP contribution in [-0.4, -0.2) is 26.2 Å². The van der Waals surface area contributed by atoms with E-state index < -0.39 is 0 Å². The number of hydrogen-bond acceptors (Lipinski definition) is 3. The standard InChI is InChI=1S/C17H26N2O/c1-13(14-3-5-15(20-2)6-4-14)19-16-7-8-17(16)9-11-18-12-10-17/h3-6,13,16,18-19H,7-12H2,1-2H3/t13-,16?/m1/s1. The lowest BCUT2D eigenvalue weighted by atomic mass is 9.59. The summed E-state index contributed by atoms with van der Waals surface area (Å²) < 4.78 is 5.23. The van der Waals surface area contributed by atoms with Gasteiger partial charge in [0.1, 0.15) is 5.75 Å². The summed E-state index contributed by atoms with van der Waals surface area (Å²) >= 11 is 0. The Morgan fingerprint density at radius 2 is 1.90 bits per heavy atom. The second-order valence-electron chi connectivity index (χ2n) is 6.37. The van der Waals surface area contributed by atoms with Crippen LogP contribution in [0.25, 0.3) is 0 Å². The monoisotopic (exact) mass is 274 g/mol. The maximum absolute atomic E-state index is 5.23. The van der Waals surface area contributed by atoms with Gasteiger partial charge in [0.2, 0.25) is 0 Å². The third kappa shape index (κ3) is 2.57. The lowest BCUT2D eigenvalue weighted by Gasteiger charge is -2.53. The van der Waals surface area contributed by atoms with E-state index in [1.54, 1.807) is 7.11 Å². The van der Waals surface area contributed by atoms with Crippen LogP contribution >= 0.6 is 0 Å². The number of rotatable bonds is 4. The highest BCUT2D eigenvalue weighted by molar-refractivity contribution is 5.29. The lowest BCUT2D eigenvalue weighted by molar-refractivity contribution is 0.0243. The topological polar surface area (TPSA) is 33.3 Å². The van der Waals surface area contributed by atoms with Gasteiger partial charge in [-0.1, -0.05) is 12.1 Å². The van der Waals surface area contributed by atoms with Gasteiger partial charge in [-0.3, -0.25) is 0 Å². The Morgan fingerprint density at radius 1 is 1.20 bits per heavy atom. The van der Waals surface area contributed by atoms with Gasteiger partial charge in [0.15, 0.2) is 0 Å². The molecule has 0 bridgehead atoms. The molecule has 1 aromatic carbocycles. The highest BCUT2D eigenvalue weighted by Crippen LogP contribution is 2.48. The molecule has 2 atom stereocenters. The van der Waals surface area contributed by atoms with E-state index in [2.05, 4.69) is 41.8 Å². The molecular formula is C17H26N2O. The quantitative estimate of drug-likeness (QED) is 0.886. The van der Waals surface area contributed by atoms with Crippen LogP contribution in [0.2, 0.25) is 0 Å². The van der Waals surface area contributed by atoms with Gasteiger partial charge in [0.05, 0.1) is 7.11 Å². The van der Waals surface area contributed by atoms with Crippen molar-refractivity contribution in [3.8, 4) is 5.75 Å². The summed E-state index contributed by atoms with van der Waals surface area (Å²) in [5.41, 5.74) is 1.92. The smallest absolute Gasteiger partial charge is 0.118 e. The van der Waals surface area contributed by atoms with Gasteiger partial charge < -0.3 is 15.4 Å². The van der Waals surface area contributed by atoms with Gasteiger partial charge in [-0.25, -0.2) is 0 Å². The zero-order chi connectivity index (χ0) is 14.0. The van der Waals surface area contributed by atoms with Crippen molar-refractivity contribution >= 4 is 0 Å².